The lowest BCUT2D eigenvalue weighted by Gasteiger charge is -2.19. The number of nitrogens with one attached hydrogen (secondary N) is 2. The van der Waals surface area contributed by atoms with E-state index < -0.39 is 0 Å². The quantitative estimate of drug-likeness (QED) is 0.630. The molecule has 0 aliphatic heterocycles. The van der Waals surface area contributed by atoms with Crippen LogP contribution in [0, 0.1) is 18.7 Å². The van der Waals surface area contributed by atoms with E-state index in [1.54, 1.807) is 30.3 Å². The van der Waals surface area contributed by atoms with Crippen molar-refractivity contribution in [3.8, 4) is 0 Å². The number of quaternary nitrogens is 1. The molecule has 4 N–H and O–H groups in total. The summed E-state index contributed by atoms with van der Waals surface area (Å²) < 4.78 is 13.1. The highest BCUT2D eigenvalue weighted by molar-refractivity contribution is 6.31. The van der Waals surface area contributed by atoms with Crippen molar-refractivity contribution in [2.75, 3.05) is 18.4 Å². The van der Waals surface area contributed by atoms with Gasteiger partial charge in [0.1, 0.15) is 11.9 Å². The molecule has 1 atom stereocenters. The van der Waals surface area contributed by atoms with Gasteiger partial charge < -0.3 is 16.0 Å². The van der Waals surface area contributed by atoms with Crippen molar-refractivity contribution < 1.29 is 19.3 Å². The van der Waals surface area contributed by atoms with E-state index in [0.717, 1.165) is 11.1 Å². The Hall–Kier alpha value is -2.44. The van der Waals surface area contributed by atoms with E-state index in [4.69, 9.17) is 11.6 Å². The monoisotopic (exact) mass is 406 g/mol. The molecule has 2 rings (SSSR count). The maximum absolute atomic E-state index is 13.1. The van der Waals surface area contributed by atoms with E-state index in [0.29, 0.717) is 10.7 Å². The molecule has 0 radical (unpaired) electrons. The smallest absolute Gasteiger partial charge is 0.275 e. The summed E-state index contributed by atoms with van der Waals surface area (Å²) in [4.78, 5) is 24.2. The third-order valence-electron chi connectivity index (χ3n) is 4.52. The minimum absolute atomic E-state index is 0.0225. The van der Waals surface area contributed by atoms with Gasteiger partial charge in [-0.1, -0.05) is 43.6 Å². The van der Waals surface area contributed by atoms with Crippen molar-refractivity contribution in [1.29, 1.82) is 0 Å². The van der Waals surface area contributed by atoms with Crippen LogP contribution in [0.4, 0.5) is 10.1 Å². The zero-order valence-corrected chi connectivity index (χ0v) is 17.0. The first-order valence-corrected chi connectivity index (χ1v) is 9.56. The molecule has 0 fully saturated rings. The second kappa shape index (κ2) is 10.2. The lowest BCUT2D eigenvalue weighted by Crippen LogP contribution is -2.88. The highest BCUT2D eigenvalue weighted by Gasteiger charge is 2.20. The van der Waals surface area contributed by atoms with Gasteiger partial charge in [0.25, 0.3) is 5.91 Å². The van der Waals surface area contributed by atoms with Crippen LogP contribution in [0.25, 0.3) is 0 Å². The first-order valence-electron chi connectivity index (χ1n) is 9.18. The number of anilines is 1. The Morgan fingerprint density at radius 3 is 2.43 bits per heavy atom. The first kappa shape index (κ1) is 21.9. The van der Waals surface area contributed by atoms with Gasteiger partial charge in [-0.3, -0.25) is 9.59 Å². The maximum Gasteiger partial charge on any atom is 0.275 e. The number of hydrogen-bond donors (Lipinski definition) is 3. The second-order valence-electron chi connectivity index (χ2n) is 7.00. The molecule has 2 aromatic carbocycles. The van der Waals surface area contributed by atoms with Crippen LogP contribution < -0.4 is 16.0 Å². The average molecular weight is 407 g/mol. The van der Waals surface area contributed by atoms with Crippen molar-refractivity contribution in [3.05, 3.63) is 64.4 Å². The molecular weight excluding hydrogens is 381 g/mol. The summed E-state index contributed by atoms with van der Waals surface area (Å²) in [6.07, 6.45) is 0. The Balaban J connectivity index is 1.83. The van der Waals surface area contributed by atoms with Crippen LogP contribution >= 0.6 is 11.6 Å². The lowest BCUT2D eigenvalue weighted by molar-refractivity contribution is -0.692. The van der Waals surface area contributed by atoms with E-state index in [1.807, 2.05) is 26.1 Å². The van der Waals surface area contributed by atoms with Crippen molar-refractivity contribution >= 4 is 29.1 Å². The molecule has 0 heterocycles. The second-order valence-corrected chi connectivity index (χ2v) is 7.41. The highest BCUT2D eigenvalue weighted by Crippen LogP contribution is 2.22. The van der Waals surface area contributed by atoms with Crippen molar-refractivity contribution in [2.24, 2.45) is 5.92 Å². The lowest BCUT2D eigenvalue weighted by atomic mass is 9.96. The van der Waals surface area contributed by atoms with Gasteiger partial charge in [-0.2, -0.15) is 0 Å². The van der Waals surface area contributed by atoms with Crippen LogP contribution in [0.15, 0.2) is 42.5 Å². The largest absolute Gasteiger partial charge is 0.342 e. The molecule has 0 saturated heterocycles. The minimum atomic E-state index is -0.322. The molecule has 150 valence electrons. The normalized spacial score (nSPS) is 11.9. The number of benzene rings is 2. The molecule has 28 heavy (non-hydrogen) atoms. The number of carbonyl (C=O) groups is 2. The molecule has 5 nitrogen and oxygen atoms in total. The van der Waals surface area contributed by atoms with Crippen LogP contribution in [-0.4, -0.2) is 24.9 Å². The van der Waals surface area contributed by atoms with Gasteiger partial charge in [-0.25, -0.2) is 4.39 Å². The van der Waals surface area contributed by atoms with Crippen LogP contribution in [0.3, 0.4) is 0 Å². The average Bonchev–Trinajstić information content (AvgIpc) is 2.65. The molecule has 0 unspecified atom stereocenters. The Kier molecular flexibility index (Phi) is 7.96. The van der Waals surface area contributed by atoms with E-state index in [2.05, 4.69) is 10.6 Å². The fourth-order valence-corrected chi connectivity index (χ4v) is 3.08. The number of nitrogens with two attached hydrogens (primary N) is 1. The zero-order chi connectivity index (χ0) is 20.7. The van der Waals surface area contributed by atoms with E-state index in [-0.39, 0.29) is 42.7 Å². The van der Waals surface area contributed by atoms with Gasteiger partial charge in [0.05, 0.1) is 6.54 Å². The summed E-state index contributed by atoms with van der Waals surface area (Å²) in [5, 5.41) is 7.81. The van der Waals surface area contributed by atoms with Gasteiger partial charge in [0.2, 0.25) is 5.91 Å². The van der Waals surface area contributed by atoms with Crippen molar-refractivity contribution in [2.45, 2.75) is 26.8 Å². The highest BCUT2D eigenvalue weighted by atomic mass is 35.5. The summed E-state index contributed by atoms with van der Waals surface area (Å²) >= 11 is 6.03. The fourth-order valence-electron chi connectivity index (χ4n) is 2.90. The van der Waals surface area contributed by atoms with Crippen molar-refractivity contribution in [3.63, 3.8) is 0 Å². The van der Waals surface area contributed by atoms with Crippen LogP contribution in [0.5, 0.6) is 0 Å². The molecule has 0 aliphatic carbocycles. The molecule has 0 spiro atoms. The zero-order valence-electron chi connectivity index (χ0n) is 16.3. The summed E-state index contributed by atoms with van der Waals surface area (Å²) in [7, 11) is 0. The van der Waals surface area contributed by atoms with Crippen LogP contribution in [0.1, 0.15) is 31.0 Å². The van der Waals surface area contributed by atoms with Gasteiger partial charge in [-0.05, 0) is 36.8 Å². The predicted octanol–water partition coefficient (Wildman–Crippen LogP) is 2.80. The molecule has 0 saturated carbocycles. The Labute approximate surface area is 169 Å². The molecule has 0 bridgehead atoms. The topological polar surface area (TPSA) is 74.8 Å². The number of carbonyl (C=O) groups excluding carboxylic acids is 2. The summed E-state index contributed by atoms with van der Waals surface area (Å²) in [5.74, 6) is -0.597. The summed E-state index contributed by atoms with van der Waals surface area (Å²) in [6.45, 7) is 5.95. The van der Waals surface area contributed by atoms with E-state index in [9.17, 15) is 14.0 Å². The molecule has 2 amide bonds. The Bertz CT molecular complexity index is 825. The number of hydrogen-bond acceptors (Lipinski definition) is 2. The minimum Gasteiger partial charge on any atom is -0.342 e. The molecular formula is C21H26ClFN3O2+. The van der Waals surface area contributed by atoms with Gasteiger partial charge in [-0.15, -0.1) is 0 Å². The molecule has 0 aromatic heterocycles. The van der Waals surface area contributed by atoms with E-state index in [1.165, 1.54) is 12.1 Å². The fraction of sp³-hybridized carbons (Fsp3) is 0.333. The standard InChI is InChI=1S/C21H25ClFN3O2/c1-13(2)21(15-7-9-16(23)10-8-15)25-11-19(27)24-12-20(28)26-18-6-4-5-17(22)14(18)3/h4-10,13,21,25H,11-12H2,1-3H3,(H,24,27)(H,26,28)/p+1/t21-/m0/s1. The number of amides is 2. The first-order chi connectivity index (χ1) is 13.3. The molecule has 0 aliphatic rings. The third-order valence-corrected chi connectivity index (χ3v) is 4.93. The van der Waals surface area contributed by atoms with Crippen molar-refractivity contribution in [1.82, 2.24) is 5.32 Å². The molecule has 2 aromatic rings. The van der Waals surface area contributed by atoms with Crippen LogP contribution in [0.2, 0.25) is 5.02 Å². The van der Waals surface area contributed by atoms with E-state index >= 15 is 0 Å². The summed E-state index contributed by atoms with van der Waals surface area (Å²) in [6, 6.07) is 11.6. The van der Waals surface area contributed by atoms with Gasteiger partial charge in [0, 0.05) is 22.2 Å². The predicted molar refractivity (Wildman–Crippen MR) is 109 cm³/mol. The maximum atomic E-state index is 13.1. The number of rotatable bonds is 8. The Morgan fingerprint density at radius 2 is 1.79 bits per heavy atom. The summed E-state index contributed by atoms with van der Waals surface area (Å²) in [5.41, 5.74) is 2.35. The number of halogens is 2. The SMILES string of the molecule is Cc1c(Cl)cccc1NC(=O)CNC(=O)C[NH2+][C@H](c1ccc(F)cc1)C(C)C. The third kappa shape index (κ3) is 6.32. The molecule has 7 heteroatoms. The van der Waals surface area contributed by atoms with Crippen LogP contribution in [-0.2, 0) is 9.59 Å². The Morgan fingerprint density at radius 1 is 1.11 bits per heavy atom. The van der Waals surface area contributed by atoms with Gasteiger partial charge >= 0.3 is 0 Å². The van der Waals surface area contributed by atoms with Gasteiger partial charge in [0.15, 0.2) is 6.54 Å².